The first-order chi connectivity index (χ1) is 10.6. The molecule has 2 aromatic carbocycles. The highest BCUT2D eigenvalue weighted by atomic mass is 35.5. The highest BCUT2D eigenvalue weighted by Crippen LogP contribution is 2.20. The van der Waals surface area contributed by atoms with Crippen LogP contribution in [0.25, 0.3) is 0 Å². The Morgan fingerprint density at radius 3 is 2.59 bits per heavy atom. The molecule has 0 bridgehead atoms. The molecular weight excluding hydrogens is 332 g/mol. The minimum Gasteiger partial charge on any atom is -0.362 e. The van der Waals surface area contributed by atoms with Gasteiger partial charge in [0.2, 0.25) is 0 Å². The van der Waals surface area contributed by atoms with E-state index in [-0.39, 0.29) is 0 Å². The van der Waals surface area contributed by atoms with Crippen LogP contribution in [0.15, 0.2) is 53.4 Å². The highest BCUT2D eigenvalue weighted by molar-refractivity contribution is 7.99. The van der Waals surface area contributed by atoms with Crippen molar-refractivity contribution in [2.45, 2.75) is 18.2 Å². The Morgan fingerprint density at radius 1 is 1.14 bits per heavy atom. The predicted octanol–water partition coefficient (Wildman–Crippen LogP) is 5.12. The summed E-state index contributed by atoms with van der Waals surface area (Å²) in [5, 5.41) is 7.58. The molecule has 0 aliphatic carbocycles. The molecule has 0 aliphatic rings. The maximum absolute atomic E-state index is 6.08. The summed E-state index contributed by atoms with van der Waals surface area (Å²) in [5.41, 5.74) is 2.12. The molecule has 0 unspecified atom stereocenters. The lowest BCUT2D eigenvalue weighted by molar-refractivity contribution is 0.854. The first kappa shape index (κ1) is 17.1. The van der Waals surface area contributed by atoms with Crippen molar-refractivity contribution in [3.05, 3.63) is 59.1 Å². The first-order valence-corrected chi connectivity index (χ1v) is 8.91. The standard InChI is InChI=1S/C17H19ClN2S2/c1-13-7-9-14(10-8-13)22-12-4-11-19-17(21)20-16-6-3-2-5-15(16)18/h2-3,5-10H,4,11-12H2,1H3,(H2,19,20,21). The summed E-state index contributed by atoms with van der Waals surface area (Å²) in [7, 11) is 0. The quantitative estimate of drug-likeness (QED) is 0.429. The largest absolute Gasteiger partial charge is 0.362 e. The average molecular weight is 351 g/mol. The summed E-state index contributed by atoms with van der Waals surface area (Å²) in [4.78, 5) is 1.31. The van der Waals surface area contributed by atoms with Gasteiger partial charge in [0.15, 0.2) is 5.11 Å². The molecule has 0 aromatic heterocycles. The van der Waals surface area contributed by atoms with Crippen LogP contribution in [-0.4, -0.2) is 17.4 Å². The fourth-order valence-corrected chi connectivity index (χ4v) is 3.08. The van der Waals surface area contributed by atoms with Gasteiger partial charge in [0.1, 0.15) is 0 Å². The van der Waals surface area contributed by atoms with Crippen LogP contribution in [-0.2, 0) is 0 Å². The van der Waals surface area contributed by atoms with Crippen molar-refractivity contribution in [3.8, 4) is 0 Å². The van der Waals surface area contributed by atoms with Gasteiger partial charge in [-0.05, 0) is 55.6 Å². The van der Waals surface area contributed by atoms with Crippen molar-refractivity contribution in [2.75, 3.05) is 17.6 Å². The second-order valence-corrected chi connectivity index (χ2v) is 6.86. The van der Waals surface area contributed by atoms with Gasteiger partial charge in [-0.3, -0.25) is 0 Å². The van der Waals surface area contributed by atoms with Crippen LogP contribution >= 0.6 is 35.6 Å². The first-order valence-electron chi connectivity index (χ1n) is 7.14. The zero-order chi connectivity index (χ0) is 15.8. The maximum atomic E-state index is 6.08. The average Bonchev–Trinajstić information content (AvgIpc) is 2.51. The summed E-state index contributed by atoms with van der Waals surface area (Å²) in [6.07, 6.45) is 1.04. The Balaban J connectivity index is 1.63. The number of aryl methyl sites for hydroxylation is 1. The van der Waals surface area contributed by atoms with Crippen molar-refractivity contribution in [3.63, 3.8) is 0 Å². The number of anilines is 1. The maximum Gasteiger partial charge on any atom is 0.170 e. The summed E-state index contributed by atoms with van der Waals surface area (Å²) >= 11 is 13.2. The molecule has 116 valence electrons. The van der Waals surface area contributed by atoms with E-state index in [4.69, 9.17) is 23.8 Å². The molecule has 0 saturated carbocycles. The number of nitrogens with one attached hydrogen (secondary N) is 2. The molecule has 2 aromatic rings. The number of thioether (sulfide) groups is 1. The molecule has 0 radical (unpaired) electrons. The molecule has 0 aliphatic heterocycles. The normalized spacial score (nSPS) is 10.3. The fourth-order valence-electron chi connectivity index (χ4n) is 1.83. The van der Waals surface area contributed by atoms with E-state index >= 15 is 0 Å². The van der Waals surface area contributed by atoms with Crippen LogP contribution in [0.1, 0.15) is 12.0 Å². The van der Waals surface area contributed by atoms with Gasteiger partial charge in [-0.15, -0.1) is 11.8 Å². The van der Waals surface area contributed by atoms with Gasteiger partial charge >= 0.3 is 0 Å². The van der Waals surface area contributed by atoms with Gasteiger partial charge in [0.05, 0.1) is 10.7 Å². The SMILES string of the molecule is Cc1ccc(SCCCNC(=S)Nc2ccccc2Cl)cc1. The lowest BCUT2D eigenvalue weighted by atomic mass is 10.2. The van der Waals surface area contributed by atoms with Crippen molar-refractivity contribution in [1.82, 2.24) is 5.32 Å². The number of rotatable bonds is 6. The summed E-state index contributed by atoms with van der Waals surface area (Å²) in [6.45, 7) is 2.94. The summed E-state index contributed by atoms with van der Waals surface area (Å²) in [6, 6.07) is 16.2. The van der Waals surface area contributed by atoms with E-state index in [1.54, 1.807) is 0 Å². The second-order valence-electron chi connectivity index (χ2n) is 4.88. The third kappa shape index (κ3) is 5.87. The van der Waals surface area contributed by atoms with Gasteiger partial charge < -0.3 is 10.6 Å². The predicted molar refractivity (Wildman–Crippen MR) is 102 cm³/mol. The summed E-state index contributed by atoms with van der Waals surface area (Å²) < 4.78 is 0. The van der Waals surface area contributed by atoms with Crippen molar-refractivity contribution in [1.29, 1.82) is 0 Å². The third-order valence-electron chi connectivity index (χ3n) is 3.02. The molecule has 0 heterocycles. The fraction of sp³-hybridized carbons (Fsp3) is 0.235. The lowest BCUT2D eigenvalue weighted by Gasteiger charge is -2.11. The van der Waals surface area contributed by atoms with E-state index in [9.17, 15) is 0 Å². The smallest absolute Gasteiger partial charge is 0.170 e. The zero-order valence-electron chi connectivity index (χ0n) is 12.4. The minimum atomic E-state index is 0.605. The number of hydrogen-bond acceptors (Lipinski definition) is 2. The molecular formula is C17H19ClN2S2. The van der Waals surface area contributed by atoms with Crippen LogP contribution in [0.3, 0.4) is 0 Å². The molecule has 0 saturated heterocycles. The van der Waals surface area contributed by atoms with Crippen LogP contribution in [0.4, 0.5) is 5.69 Å². The van der Waals surface area contributed by atoms with Crippen molar-refractivity contribution >= 4 is 46.4 Å². The van der Waals surface area contributed by atoms with Gasteiger partial charge in [-0.1, -0.05) is 41.4 Å². The molecule has 0 spiro atoms. The van der Waals surface area contributed by atoms with Gasteiger partial charge in [0, 0.05) is 11.4 Å². The Labute approximate surface area is 146 Å². The molecule has 0 amide bonds. The number of para-hydroxylation sites is 1. The second kappa shape index (κ2) is 9.03. The van der Waals surface area contributed by atoms with E-state index in [2.05, 4.69) is 41.8 Å². The molecule has 22 heavy (non-hydrogen) atoms. The minimum absolute atomic E-state index is 0.605. The van der Waals surface area contributed by atoms with Gasteiger partial charge in [-0.25, -0.2) is 0 Å². The number of thiocarbonyl (C=S) groups is 1. The van der Waals surface area contributed by atoms with Gasteiger partial charge in [0.25, 0.3) is 0 Å². The Morgan fingerprint density at radius 2 is 1.86 bits per heavy atom. The summed E-state index contributed by atoms with van der Waals surface area (Å²) in [5.74, 6) is 1.06. The molecule has 0 atom stereocenters. The lowest BCUT2D eigenvalue weighted by Crippen LogP contribution is -2.29. The Hall–Kier alpha value is -1.23. The van der Waals surface area contributed by atoms with Crippen LogP contribution in [0.2, 0.25) is 5.02 Å². The van der Waals surface area contributed by atoms with E-state index in [0.717, 1.165) is 24.4 Å². The van der Waals surface area contributed by atoms with Crippen molar-refractivity contribution < 1.29 is 0 Å². The van der Waals surface area contributed by atoms with Crippen LogP contribution in [0, 0.1) is 6.92 Å². The number of benzene rings is 2. The Kier molecular flexibility index (Phi) is 7.03. The van der Waals surface area contributed by atoms with E-state index in [1.165, 1.54) is 10.5 Å². The van der Waals surface area contributed by atoms with E-state index in [1.807, 2.05) is 36.0 Å². The molecule has 2 nitrogen and oxygen atoms in total. The number of hydrogen-bond donors (Lipinski definition) is 2. The molecule has 0 fully saturated rings. The topological polar surface area (TPSA) is 24.1 Å². The molecule has 2 N–H and O–H groups in total. The molecule has 2 rings (SSSR count). The monoisotopic (exact) mass is 350 g/mol. The van der Waals surface area contributed by atoms with E-state index < -0.39 is 0 Å². The van der Waals surface area contributed by atoms with Crippen LogP contribution in [0.5, 0.6) is 0 Å². The zero-order valence-corrected chi connectivity index (χ0v) is 14.8. The van der Waals surface area contributed by atoms with Crippen molar-refractivity contribution in [2.24, 2.45) is 0 Å². The van der Waals surface area contributed by atoms with E-state index in [0.29, 0.717) is 10.1 Å². The molecule has 5 heteroatoms. The number of halogens is 1. The third-order valence-corrected chi connectivity index (χ3v) is 4.69. The van der Waals surface area contributed by atoms with Gasteiger partial charge in [-0.2, -0.15) is 0 Å². The van der Waals surface area contributed by atoms with Crippen LogP contribution < -0.4 is 10.6 Å². The Bertz CT molecular complexity index is 614. The highest BCUT2D eigenvalue weighted by Gasteiger charge is 2.01.